The van der Waals surface area contributed by atoms with Gasteiger partial charge in [-0.25, -0.2) is 0 Å². The monoisotopic (exact) mass is 179 g/mol. The van der Waals surface area contributed by atoms with Crippen LogP contribution in [-0.2, 0) is 4.79 Å². The summed E-state index contributed by atoms with van der Waals surface area (Å²) >= 11 is 0. The molecule has 0 aliphatic carbocycles. The van der Waals surface area contributed by atoms with Gasteiger partial charge in [-0.05, 0) is 6.54 Å². The van der Waals surface area contributed by atoms with Crippen molar-refractivity contribution in [3.05, 3.63) is 0 Å². The molecule has 0 radical (unpaired) electrons. The van der Waals surface area contributed by atoms with Gasteiger partial charge in [0.1, 0.15) is 5.54 Å². The van der Waals surface area contributed by atoms with E-state index < -0.39 is 5.54 Å². The fourth-order valence-electron chi connectivity index (χ4n) is 1.10. The van der Waals surface area contributed by atoms with Crippen molar-refractivity contribution in [2.24, 2.45) is 5.73 Å². The highest BCUT2D eigenvalue weighted by Crippen LogP contribution is 2.08. The zero-order chi connectivity index (χ0) is 7.61. The Labute approximate surface area is 72.3 Å². The average Bonchev–Trinajstić information content (AvgIpc) is 1.77. The predicted octanol–water partition coefficient (Wildman–Crippen LogP) is -1.15. The molecule has 0 unspecified atom stereocenters. The highest BCUT2D eigenvalue weighted by molar-refractivity contribution is 5.86. The smallest absolute Gasteiger partial charge is 0.240 e. The predicted molar refractivity (Wildman–Crippen MR) is 45.7 cm³/mol. The summed E-state index contributed by atoms with van der Waals surface area (Å²) in [6.07, 6.45) is 0. The van der Waals surface area contributed by atoms with E-state index in [2.05, 4.69) is 10.6 Å². The van der Waals surface area contributed by atoms with Gasteiger partial charge < -0.3 is 16.4 Å². The van der Waals surface area contributed by atoms with Crippen LogP contribution in [0, 0.1) is 0 Å². The first-order chi connectivity index (χ1) is 4.71. The SMILES string of the molecule is CCNC1(C(N)=O)CNC1.Cl. The number of primary amides is 1. The number of halogens is 1. The van der Waals surface area contributed by atoms with Crippen LogP contribution in [-0.4, -0.2) is 31.1 Å². The van der Waals surface area contributed by atoms with E-state index in [1.807, 2.05) is 6.92 Å². The van der Waals surface area contributed by atoms with Crippen LogP contribution in [0.4, 0.5) is 0 Å². The summed E-state index contributed by atoms with van der Waals surface area (Å²) in [5, 5.41) is 6.06. The second-order valence-corrected chi connectivity index (χ2v) is 2.58. The van der Waals surface area contributed by atoms with E-state index in [4.69, 9.17) is 5.73 Å². The van der Waals surface area contributed by atoms with Crippen molar-refractivity contribution in [3.63, 3.8) is 0 Å². The Morgan fingerprint density at radius 3 is 2.36 bits per heavy atom. The van der Waals surface area contributed by atoms with E-state index >= 15 is 0 Å². The lowest BCUT2D eigenvalue weighted by molar-refractivity contribution is -0.126. The number of hydrogen-bond donors (Lipinski definition) is 3. The number of likely N-dealkylation sites (N-methyl/N-ethyl adjacent to an activating group) is 1. The van der Waals surface area contributed by atoms with Crippen LogP contribution in [0.5, 0.6) is 0 Å². The van der Waals surface area contributed by atoms with Crippen molar-refractivity contribution >= 4 is 18.3 Å². The van der Waals surface area contributed by atoms with Crippen LogP contribution in [0.3, 0.4) is 0 Å². The van der Waals surface area contributed by atoms with Gasteiger partial charge in [-0.15, -0.1) is 12.4 Å². The minimum absolute atomic E-state index is 0. The van der Waals surface area contributed by atoms with Crippen LogP contribution < -0.4 is 16.4 Å². The molecule has 1 aliphatic heterocycles. The number of carbonyl (C=O) groups is 1. The third-order valence-corrected chi connectivity index (χ3v) is 1.84. The Morgan fingerprint density at radius 2 is 2.27 bits per heavy atom. The first kappa shape index (κ1) is 10.7. The van der Waals surface area contributed by atoms with Gasteiger partial charge in [0, 0.05) is 13.1 Å². The Morgan fingerprint density at radius 1 is 1.73 bits per heavy atom. The van der Waals surface area contributed by atoms with Gasteiger partial charge in [-0.3, -0.25) is 4.79 Å². The fourth-order valence-corrected chi connectivity index (χ4v) is 1.10. The maximum atomic E-state index is 10.8. The van der Waals surface area contributed by atoms with Crippen molar-refractivity contribution in [2.75, 3.05) is 19.6 Å². The number of amides is 1. The standard InChI is InChI=1S/C6H13N3O.ClH/c1-2-9-6(5(7)10)3-8-4-6;/h8-9H,2-4H2,1H3,(H2,7,10);1H. The summed E-state index contributed by atoms with van der Waals surface area (Å²) in [5.41, 5.74) is 4.73. The highest BCUT2D eigenvalue weighted by atomic mass is 35.5. The minimum Gasteiger partial charge on any atom is -0.368 e. The van der Waals surface area contributed by atoms with E-state index in [1.165, 1.54) is 0 Å². The van der Waals surface area contributed by atoms with Crippen LogP contribution in [0.2, 0.25) is 0 Å². The van der Waals surface area contributed by atoms with Gasteiger partial charge in [0.15, 0.2) is 0 Å². The number of rotatable bonds is 3. The molecule has 4 N–H and O–H groups in total. The van der Waals surface area contributed by atoms with Gasteiger partial charge in [0.05, 0.1) is 0 Å². The molecule has 11 heavy (non-hydrogen) atoms. The highest BCUT2D eigenvalue weighted by Gasteiger charge is 2.41. The van der Waals surface area contributed by atoms with E-state index in [1.54, 1.807) is 0 Å². The van der Waals surface area contributed by atoms with Crippen molar-refractivity contribution < 1.29 is 4.79 Å². The summed E-state index contributed by atoms with van der Waals surface area (Å²) in [6.45, 7) is 4.07. The molecule has 0 bridgehead atoms. The molecule has 1 rings (SSSR count). The van der Waals surface area contributed by atoms with E-state index in [9.17, 15) is 4.79 Å². The molecular weight excluding hydrogens is 166 g/mol. The summed E-state index contributed by atoms with van der Waals surface area (Å²) in [5.74, 6) is -0.256. The average molecular weight is 180 g/mol. The van der Waals surface area contributed by atoms with Crippen LogP contribution in [0.25, 0.3) is 0 Å². The molecule has 1 aliphatic rings. The quantitative estimate of drug-likeness (QED) is 0.513. The first-order valence-electron chi connectivity index (χ1n) is 3.47. The lowest BCUT2D eigenvalue weighted by Crippen LogP contribution is -2.73. The number of carbonyl (C=O) groups excluding carboxylic acids is 1. The van der Waals surface area contributed by atoms with Crippen LogP contribution >= 0.6 is 12.4 Å². The molecule has 0 aromatic heterocycles. The van der Waals surface area contributed by atoms with Crippen LogP contribution in [0.1, 0.15) is 6.92 Å². The zero-order valence-electron chi connectivity index (χ0n) is 6.52. The molecule has 4 nitrogen and oxygen atoms in total. The molecule has 1 fully saturated rings. The van der Waals surface area contributed by atoms with Crippen molar-refractivity contribution in [2.45, 2.75) is 12.5 Å². The largest absolute Gasteiger partial charge is 0.368 e. The summed E-state index contributed by atoms with van der Waals surface area (Å²) in [6, 6.07) is 0. The van der Waals surface area contributed by atoms with Gasteiger partial charge >= 0.3 is 0 Å². The minimum atomic E-state index is -0.450. The molecule has 1 heterocycles. The number of nitrogens with two attached hydrogens (primary N) is 1. The van der Waals surface area contributed by atoms with E-state index in [0.29, 0.717) is 13.1 Å². The second-order valence-electron chi connectivity index (χ2n) is 2.58. The molecule has 1 amide bonds. The molecule has 0 saturated carbocycles. The van der Waals surface area contributed by atoms with E-state index in [-0.39, 0.29) is 18.3 Å². The van der Waals surface area contributed by atoms with Crippen LogP contribution in [0.15, 0.2) is 0 Å². The van der Waals surface area contributed by atoms with Gasteiger partial charge in [0.25, 0.3) is 0 Å². The molecule has 0 atom stereocenters. The Kier molecular flexibility index (Phi) is 3.78. The molecule has 5 heteroatoms. The van der Waals surface area contributed by atoms with Gasteiger partial charge in [-0.1, -0.05) is 6.92 Å². The normalized spacial score (nSPS) is 19.7. The molecular formula is C6H14ClN3O. The molecule has 0 aromatic rings. The molecule has 0 spiro atoms. The zero-order valence-corrected chi connectivity index (χ0v) is 7.33. The second kappa shape index (κ2) is 3.90. The van der Waals surface area contributed by atoms with Crippen molar-refractivity contribution in [3.8, 4) is 0 Å². The maximum absolute atomic E-state index is 10.8. The third kappa shape index (κ3) is 1.83. The third-order valence-electron chi connectivity index (χ3n) is 1.84. The topological polar surface area (TPSA) is 67.1 Å². The summed E-state index contributed by atoms with van der Waals surface area (Å²) in [4.78, 5) is 10.8. The molecule has 0 aromatic carbocycles. The van der Waals surface area contributed by atoms with Gasteiger partial charge in [0.2, 0.25) is 5.91 Å². The molecule has 66 valence electrons. The first-order valence-corrected chi connectivity index (χ1v) is 3.47. The number of hydrogen-bond acceptors (Lipinski definition) is 3. The summed E-state index contributed by atoms with van der Waals surface area (Å²) < 4.78 is 0. The Balaban J connectivity index is 0.000001000. The number of nitrogens with one attached hydrogen (secondary N) is 2. The van der Waals surface area contributed by atoms with E-state index in [0.717, 1.165) is 6.54 Å². The summed E-state index contributed by atoms with van der Waals surface area (Å²) in [7, 11) is 0. The van der Waals surface area contributed by atoms with Crippen molar-refractivity contribution in [1.29, 1.82) is 0 Å². The lowest BCUT2D eigenvalue weighted by atomic mass is 9.92. The van der Waals surface area contributed by atoms with Crippen molar-refractivity contribution in [1.82, 2.24) is 10.6 Å². The maximum Gasteiger partial charge on any atom is 0.240 e. The fraction of sp³-hybridized carbons (Fsp3) is 0.833. The lowest BCUT2D eigenvalue weighted by Gasteiger charge is -2.40. The Hall–Kier alpha value is -0.320. The Bertz CT molecular complexity index is 147. The molecule has 1 saturated heterocycles. The van der Waals surface area contributed by atoms with Gasteiger partial charge in [-0.2, -0.15) is 0 Å².